The van der Waals surface area contributed by atoms with Gasteiger partial charge in [-0.15, -0.1) is 5.10 Å². The van der Waals surface area contributed by atoms with Gasteiger partial charge in [-0.25, -0.2) is 9.48 Å². The largest absolute Gasteiger partial charge is 0.465 e. The molecule has 0 aliphatic heterocycles. The van der Waals surface area contributed by atoms with Crippen LogP contribution in [0, 0.1) is 6.92 Å². The number of tetrazole rings is 1. The predicted molar refractivity (Wildman–Crippen MR) is 89.6 cm³/mol. The Balaban J connectivity index is 1.90. The minimum absolute atomic E-state index is 0.329. The van der Waals surface area contributed by atoms with Crippen LogP contribution in [0.1, 0.15) is 26.3 Å². The highest BCUT2D eigenvalue weighted by atomic mass is 16.5. The lowest BCUT2D eigenvalue weighted by Gasteiger charge is -2.12. The molecule has 0 bridgehead atoms. The molecule has 8 heteroatoms. The number of carbonyl (C=O) groups excluding carboxylic acids is 2. The molecule has 0 saturated heterocycles. The van der Waals surface area contributed by atoms with E-state index in [4.69, 9.17) is 4.74 Å². The zero-order valence-corrected chi connectivity index (χ0v) is 13.6. The van der Waals surface area contributed by atoms with E-state index in [9.17, 15) is 9.59 Å². The van der Waals surface area contributed by atoms with Crippen LogP contribution in [-0.4, -0.2) is 39.2 Å². The Hall–Kier alpha value is -3.55. The smallest absolute Gasteiger partial charge is 0.340 e. The van der Waals surface area contributed by atoms with Crippen LogP contribution >= 0.6 is 0 Å². The van der Waals surface area contributed by atoms with Crippen LogP contribution in [0.3, 0.4) is 0 Å². The Labute approximate surface area is 143 Å². The molecule has 8 nitrogen and oxygen atoms in total. The van der Waals surface area contributed by atoms with E-state index < -0.39 is 5.97 Å². The molecule has 0 aliphatic carbocycles. The SMILES string of the molecule is COC(=O)c1c(C)cccc1NC(=O)c1cccc(-n2cnnn2)c1. The summed E-state index contributed by atoms with van der Waals surface area (Å²) in [6, 6.07) is 12.0. The lowest BCUT2D eigenvalue weighted by Crippen LogP contribution is -2.16. The molecule has 3 rings (SSSR count). The lowest BCUT2D eigenvalue weighted by atomic mass is 10.1. The molecule has 2 aromatic carbocycles. The molecule has 1 amide bonds. The maximum atomic E-state index is 12.6. The molecule has 0 radical (unpaired) electrons. The van der Waals surface area contributed by atoms with E-state index in [-0.39, 0.29) is 5.91 Å². The second-order valence-electron chi connectivity index (χ2n) is 5.25. The third-order valence-corrected chi connectivity index (χ3v) is 3.63. The minimum Gasteiger partial charge on any atom is -0.465 e. The number of ether oxygens (including phenoxy) is 1. The summed E-state index contributed by atoms with van der Waals surface area (Å²) < 4.78 is 6.25. The van der Waals surface area contributed by atoms with Gasteiger partial charge in [0.2, 0.25) is 0 Å². The van der Waals surface area contributed by atoms with Crippen LogP contribution in [-0.2, 0) is 4.74 Å². The number of hydrogen-bond donors (Lipinski definition) is 1. The number of aryl methyl sites for hydroxylation is 1. The predicted octanol–water partition coefficient (Wildman–Crippen LogP) is 2.01. The fraction of sp³-hybridized carbons (Fsp3) is 0.118. The first kappa shape index (κ1) is 16.3. The number of amides is 1. The van der Waals surface area contributed by atoms with Crippen LogP contribution in [0.4, 0.5) is 5.69 Å². The van der Waals surface area contributed by atoms with Crippen molar-refractivity contribution < 1.29 is 14.3 Å². The van der Waals surface area contributed by atoms with Crippen LogP contribution in [0.5, 0.6) is 0 Å². The number of anilines is 1. The number of methoxy groups -OCH3 is 1. The first-order valence-corrected chi connectivity index (χ1v) is 7.43. The highest BCUT2D eigenvalue weighted by Crippen LogP contribution is 2.21. The van der Waals surface area contributed by atoms with Crippen LogP contribution < -0.4 is 5.32 Å². The fourth-order valence-corrected chi connectivity index (χ4v) is 2.41. The summed E-state index contributed by atoms with van der Waals surface area (Å²) in [5.41, 5.74) is 2.49. The van der Waals surface area contributed by atoms with Gasteiger partial charge < -0.3 is 10.1 Å². The summed E-state index contributed by atoms with van der Waals surface area (Å²) in [6.45, 7) is 1.78. The Kier molecular flexibility index (Phi) is 4.51. The molecule has 0 spiro atoms. The molecule has 1 aromatic heterocycles. The van der Waals surface area contributed by atoms with Gasteiger partial charge in [0.15, 0.2) is 0 Å². The molecule has 0 fully saturated rings. The van der Waals surface area contributed by atoms with E-state index in [0.717, 1.165) is 0 Å². The number of nitrogens with one attached hydrogen (secondary N) is 1. The van der Waals surface area contributed by atoms with Crippen LogP contribution in [0.2, 0.25) is 0 Å². The normalized spacial score (nSPS) is 10.3. The highest BCUT2D eigenvalue weighted by molar-refractivity contribution is 6.08. The van der Waals surface area contributed by atoms with Crippen molar-refractivity contribution in [3.63, 3.8) is 0 Å². The Morgan fingerprint density at radius 1 is 1.16 bits per heavy atom. The standard InChI is InChI=1S/C17H15N5O3/c1-11-5-3-8-14(15(11)17(24)25-2)19-16(23)12-6-4-7-13(9-12)22-10-18-20-21-22/h3-10H,1-2H3,(H,19,23). The van der Waals surface area contributed by atoms with Gasteiger partial charge in [0.05, 0.1) is 24.0 Å². The number of rotatable bonds is 4. The molecule has 25 heavy (non-hydrogen) atoms. The van der Waals surface area contributed by atoms with Gasteiger partial charge in [-0.3, -0.25) is 4.79 Å². The van der Waals surface area contributed by atoms with E-state index in [2.05, 4.69) is 20.8 Å². The van der Waals surface area contributed by atoms with Gasteiger partial charge in [-0.2, -0.15) is 0 Å². The molecule has 1 N–H and O–H groups in total. The monoisotopic (exact) mass is 337 g/mol. The molecular weight excluding hydrogens is 322 g/mol. The summed E-state index contributed by atoms with van der Waals surface area (Å²) >= 11 is 0. The third kappa shape index (κ3) is 3.37. The first-order chi connectivity index (χ1) is 12.1. The zero-order chi connectivity index (χ0) is 17.8. The van der Waals surface area contributed by atoms with Gasteiger partial charge in [0.25, 0.3) is 5.91 Å². The maximum Gasteiger partial charge on any atom is 0.340 e. The summed E-state index contributed by atoms with van der Waals surface area (Å²) in [4.78, 5) is 24.6. The van der Waals surface area contributed by atoms with E-state index in [0.29, 0.717) is 28.1 Å². The minimum atomic E-state index is -0.504. The summed E-state index contributed by atoms with van der Waals surface area (Å²) in [5, 5.41) is 13.7. The van der Waals surface area contributed by atoms with E-state index in [1.807, 2.05) is 0 Å². The topological polar surface area (TPSA) is 99.0 Å². The van der Waals surface area contributed by atoms with Gasteiger partial charge in [-0.05, 0) is 47.2 Å². The van der Waals surface area contributed by atoms with Gasteiger partial charge in [0, 0.05) is 5.56 Å². The fourth-order valence-electron chi connectivity index (χ4n) is 2.41. The molecule has 0 saturated carbocycles. The Morgan fingerprint density at radius 3 is 2.68 bits per heavy atom. The highest BCUT2D eigenvalue weighted by Gasteiger charge is 2.17. The number of aromatic nitrogens is 4. The van der Waals surface area contributed by atoms with E-state index >= 15 is 0 Å². The van der Waals surface area contributed by atoms with Crippen molar-refractivity contribution in [2.24, 2.45) is 0 Å². The first-order valence-electron chi connectivity index (χ1n) is 7.43. The maximum absolute atomic E-state index is 12.6. The summed E-state index contributed by atoms with van der Waals surface area (Å²) in [7, 11) is 1.30. The van der Waals surface area contributed by atoms with Gasteiger partial charge in [0.1, 0.15) is 6.33 Å². The molecule has 3 aromatic rings. The number of esters is 1. The van der Waals surface area contributed by atoms with Crippen molar-refractivity contribution in [2.45, 2.75) is 6.92 Å². The van der Waals surface area contributed by atoms with E-state index in [1.165, 1.54) is 18.1 Å². The number of nitrogens with zero attached hydrogens (tertiary/aromatic N) is 4. The van der Waals surface area contributed by atoms with Gasteiger partial charge >= 0.3 is 5.97 Å². The molecule has 126 valence electrons. The molecule has 0 atom stereocenters. The van der Waals surface area contributed by atoms with Crippen molar-refractivity contribution in [2.75, 3.05) is 12.4 Å². The number of carbonyl (C=O) groups is 2. The van der Waals surface area contributed by atoms with Crippen molar-refractivity contribution in [3.05, 3.63) is 65.5 Å². The van der Waals surface area contributed by atoms with Crippen molar-refractivity contribution in [1.82, 2.24) is 20.2 Å². The number of benzene rings is 2. The van der Waals surface area contributed by atoms with Crippen molar-refractivity contribution in [1.29, 1.82) is 0 Å². The van der Waals surface area contributed by atoms with Crippen molar-refractivity contribution in [3.8, 4) is 5.69 Å². The average Bonchev–Trinajstić information content (AvgIpc) is 3.16. The van der Waals surface area contributed by atoms with E-state index in [1.54, 1.807) is 49.4 Å². The zero-order valence-electron chi connectivity index (χ0n) is 13.6. The molecule has 1 heterocycles. The van der Waals surface area contributed by atoms with Crippen LogP contribution in [0.15, 0.2) is 48.8 Å². The second-order valence-corrected chi connectivity index (χ2v) is 5.25. The molecular formula is C17H15N5O3. The molecule has 0 unspecified atom stereocenters. The summed E-state index contributed by atoms with van der Waals surface area (Å²) in [5.74, 6) is -0.860. The van der Waals surface area contributed by atoms with Crippen LogP contribution in [0.25, 0.3) is 5.69 Å². The van der Waals surface area contributed by atoms with Gasteiger partial charge in [-0.1, -0.05) is 18.2 Å². The van der Waals surface area contributed by atoms with Crippen molar-refractivity contribution >= 4 is 17.6 Å². The quantitative estimate of drug-likeness (QED) is 0.731. The Bertz CT molecular complexity index is 922. The third-order valence-electron chi connectivity index (χ3n) is 3.63. The average molecular weight is 337 g/mol. The lowest BCUT2D eigenvalue weighted by molar-refractivity contribution is 0.0601. The second kappa shape index (κ2) is 6.91. The number of hydrogen-bond acceptors (Lipinski definition) is 6. The summed E-state index contributed by atoms with van der Waals surface area (Å²) in [6.07, 6.45) is 1.44. The Morgan fingerprint density at radius 2 is 1.96 bits per heavy atom. The molecule has 0 aliphatic rings.